The number of amides is 2. The van der Waals surface area contributed by atoms with E-state index in [-0.39, 0.29) is 12.1 Å². The third-order valence-corrected chi connectivity index (χ3v) is 3.59. The Balaban J connectivity index is 2.81. The number of halogens is 2. The summed E-state index contributed by atoms with van der Waals surface area (Å²) in [6.07, 6.45) is -0.213. The fourth-order valence-electron chi connectivity index (χ4n) is 1.67. The Morgan fingerprint density at radius 2 is 2.00 bits per heavy atom. The van der Waals surface area contributed by atoms with Crippen LogP contribution in [0.3, 0.4) is 0 Å². The zero-order chi connectivity index (χ0) is 16.2. The molecule has 0 saturated heterocycles. The maximum absolute atomic E-state index is 13.6. The molecular formula is C14H18BrFN2O3. The van der Waals surface area contributed by atoms with E-state index in [2.05, 4.69) is 26.6 Å². The zero-order valence-corrected chi connectivity index (χ0v) is 13.6. The summed E-state index contributed by atoms with van der Waals surface area (Å²) in [6, 6.07) is 3.09. The monoisotopic (exact) mass is 360 g/mol. The number of carboxylic acid groups (broad SMARTS) is 1. The molecule has 0 aromatic heterocycles. The molecule has 0 aliphatic heterocycles. The summed E-state index contributed by atoms with van der Waals surface area (Å²) < 4.78 is 14.0. The Labute approximate surface area is 131 Å². The number of carbonyl (C=O) groups is 2. The highest BCUT2D eigenvalue weighted by atomic mass is 79.9. The van der Waals surface area contributed by atoms with Crippen molar-refractivity contribution in [1.29, 1.82) is 0 Å². The van der Waals surface area contributed by atoms with Gasteiger partial charge in [-0.05, 0) is 33.5 Å². The van der Waals surface area contributed by atoms with Crippen LogP contribution in [-0.4, -0.2) is 23.1 Å². The SMILES string of the molecule is CC(C)(C)C(CC(=O)O)NC(=O)Nc1c(F)cccc1Br. The highest BCUT2D eigenvalue weighted by molar-refractivity contribution is 9.10. The Kier molecular flexibility index (Phi) is 5.71. The Hall–Kier alpha value is -1.63. The third-order valence-electron chi connectivity index (χ3n) is 2.93. The number of nitrogens with one attached hydrogen (secondary N) is 2. The predicted octanol–water partition coefficient (Wildman–Crippen LogP) is 3.60. The second-order valence-electron chi connectivity index (χ2n) is 5.71. The van der Waals surface area contributed by atoms with E-state index in [1.807, 2.05) is 20.8 Å². The van der Waals surface area contributed by atoms with Gasteiger partial charge in [-0.3, -0.25) is 4.79 Å². The molecule has 0 radical (unpaired) electrons. The largest absolute Gasteiger partial charge is 0.481 e. The second kappa shape index (κ2) is 6.89. The molecule has 0 bridgehead atoms. The first-order valence-electron chi connectivity index (χ1n) is 6.34. The third kappa shape index (κ3) is 5.34. The predicted molar refractivity (Wildman–Crippen MR) is 81.8 cm³/mol. The van der Waals surface area contributed by atoms with Crippen LogP contribution in [0.4, 0.5) is 14.9 Å². The number of rotatable bonds is 4. The van der Waals surface area contributed by atoms with Crippen molar-refractivity contribution in [3.63, 3.8) is 0 Å². The van der Waals surface area contributed by atoms with E-state index in [1.54, 1.807) is 6.07 Å². The standard InChI is InChI=1S/C14H18BrFN2O3/c1-14(2,3)10(7-11(19)20)17-13(21)18-12-8(15)5-4-6-9(12)16/h4-6,10H,7H2,1-3H3,(H,19,20)(H2,17,18,21). The molecule has 0 aliphatic carbocycles. The van der Waals surface area contributed by atoms with Gasteiger partial charge < -0.3 is 15.7 Å². The van der Waals surface area contributed by atoms with Crippen LogP contribution < -0.4 is 10.6 Å². The number of benzene rings is 1. The van der Waals surface area contributed by atoms with Gasteiger partial charge in [0.2, 0.25) is 0 Å². The van der Waals surface area contributed by atoms with Crippen molar-refractivity contribution in [2.45, 2.75) is 33.2 Å². The summed E-state index contributed by atoms with van der Waals surface area (Å²) in [4.78, 5) is 22.8. The fraction of sp³-hybridized carbons (Fsp3) is 0.429. The van der Waals surface area contributed by atoms with Gasteiger partial charge in [-0.1, -0.05) is 26.8 Å². The number of hydrogen-bond acceptors (Lipinski definition) is 2. The van der Waals surface area contributed by atoms with Gasteiger partial charge in [0.15, 0.2) is 0 Å². The first kappa shape index (κ1) is 17.4. The number of carbonyl (C=O) groups excluding carboxylic acids is 1. The molecule has 5 nitrogen and oxygen atoms in total. The van der Waals surface area contributed by atoms with Gasteiger partial charge in [0.05, 0.1) is 12.1 Å². The fourth-order valence-corrected chi connectivity index (χ4v) is 2.11. The van der Waals surface area contributed by atoms with Crippen LogP contribution in [0.25, 0.3) is 0 Å². The molecule has 0 heterocycles. The van der Waals surface area contributed by atoms with E-state index in [9.17, 15) is 14.0 Å². The van der Waals surface area contributed by atoms with Crippen molar-refractivity contribution in [3.8, 4) is 0 Å². The number of aliphatic carboxylic acids is 1. The van der Waals surface area contributed by atoms with Gasteiger partial charge in [0.25, 0.3) is 0 Å². The summed E-state index contributed by atoms with van der Waals surface area (Å²) >= 11 is 3.15. The van der Waals surface area contributed by atoms with Crippen LogP contribution >= 0.6 is 15.9 Å². The van der Waals surface area contributed by atoms with Gasteiger partial charge in [0.1, 0.15) is 5.82 Å². The average Bonchev–Trinajstić information content (AvgIpc) is 2.31. The van der Waals surface area contributed by atoms with Crippen molar-refractivity contribution in [3.05, 3.63) is 28.5 Å². The van der Waals surface area contributed by atoms with Crippen LogP contribution in [-0.2, 0) is 4.79 Å². The Morgan fingerprint density at radius 3 is 2.48 bits per heavy atom. The lowest BCUT2D eigenvalue weighted by atomic mass is 9.85. The van der Waals surface area contributed by atoms with Crippen LogP contribution in [0.15, 0.2) is 22.7 Å². The molecule has 1 unspecified atom stereocenters. The quantitative estimate of drug-likeness (QED) is 0.767. The molecule has 116 valence electrons. The molecule has 3 N–H and O–H groups in total. The maximum atomic E-state index is 13.6. The smallest absolute Gasteiger partial charge is 0.319 e. The van der Waals surface area contributed by atoms with Gasteiger partial charge in [0, 0.05) is 10.5 Å². The number of anilines is 1. The molecule has 1 atom stereocenters. The van der Waals surface area contributed by atoms with Crippen LogP contribution in [0.2, 0.25) is 0 Å². The van der Waals surface area contributed by atoms with E-state index in [0.717, 1.165) is 0 Å². The van der Waals surface area contributed by atoms with Crippen LogP contribution in [0, 0.1) is 11.2 Å². The van der Waals surface area contributed by atoms with Crippen molar-refractivity contribution in [2.75, 3.05) is 5.32 Å². The highest BCUT2D eigenvalue weighted by Gasteiger charge is 2.28. The van der Waals surface area contributed by atoms with Crippen molar-refractivity contribution in [2.24, 2.45) is 5.41 Å². The van der Waals surface area contributed by atoms with E-state index < -0.39 is 29.3 Å². The minimum atomic E-state index is -1.01. The van der Waals surface area contributed by atoms with E-state index in [4.69, 9.17) is 5.11 Å². The summed E-state index contributed by atoms with van der Waals surface area (Å²) in [5.74, 6) is -1.59. The van der Waals surface area contributed by atoms with Crippen LogP contribution in [0.1, 0.15) is 27.2 Å². The first-order chi connectivity index (χ1) is 9.61. The maximum Gasteiger partial charge on any atom is 0.319 e. The molecular weight excluding hydrogens is 343 g/mol. The minimum absolute atomic E-state index is 0.0120. The first-order valence-corrected chi connectivity index (χ1v) is 7.14. The molecule has 0 saturated carbocycles. The molecule has 0 spiro atoms. The van der Waals surface area contributed by atoms with Gasteiger partial charge in [-0.2, -0.15) is 0 Å². The average molecular weight is 361 g/mol. The van der Waals surface area contributed by atoms with Crippen LogP contribution in [0.5, 0.6) is 0 Å². The van der Waals surface area contributed by atoms with E-state index in [1.165, 1.54) is 12.1 Å². The van der Waals surface area contributed by atoms with Gasteiger partial charge >= 0.3 is 12.0 Å². The molecule has 2 amide bonds. The van der Waals surface area contributed by atoms with Crippen molar-refractivity contribution < 1.29 is 19.1 Å². The van der Waals surface area contributed by atoms with E-state index in [0.29, 0.717) is 4.47 Å². The molecule has 1 aromatic carbocycles. The summed E-state index contributed by atoms with van der Waals surface area (Å²) in [6.45, 7) is 5.46. The minimum Gasteiger partial charge on any atom is -0.481 e. The van der Waals surface area contributed by atoms with Gasteiger partial charge in [-0.15, -0.1) is 0 Å². The number of hydrogen-bond donors (Lipinski definition) is 3. The topological polar surface area (TPSA) is 78.4 Å². The highest BCUT2D eigenvalue weighted by Crippen LogP contribution is 2.26. The number of urea groups is 1. The Bertz CT molecular complexity index is 523. The molecule has 0 fully saturated rings. The lowest BCUT2D eigenvalue weighted by Crippen LogP contribution is -2.46. The molecule has 1 rings (SSSR count). The second-order valence-corrected chi connectivity index (χ2v) is 6.57. The number of carboxylic acids is 1. The zero-order valence-electron chi connectivity index (χ0n) is 12.0. The molecule has 1 aromatic rings. The summed E-state index contributed by atoms with van der Waals surface area (Å²) in [5, 5.41) is 13.9. The van der Waals surface area contributed by atoms with Gasteiger partial charge in [-0.25, -0.2) is 9.18 Å². The molecule has 21 heavy (non-hydrogen) atoms. The van der Waals surface area contributed by atoms with Crippen molar-refractivity contribution >= 4 is 33.6 Å². The summed E-state index contributed by atoms with van der Waals surface area (Å²) in [5.41, 5.74) is -0.430. The summed E-state index contributed by atoms with van der Waals surface area (Å²) in [7, 11) is 0. The molecule has 7 heteroatoms. The Morgan fingerprint density at radius 1 is 1.38 bits per heavy atom. The molecule has 0 aliphatic rings. The lowest BCUT2D eigenvalue weighted by Gasteiger charge is -2.30. The van der Waals surface area contributed by atoms with E-state index >= 15 is 0 Å². The van der Waals surface area contributed by atoms with Crippen molar-refractivity contribution in [1.82, 2.24) is 5.32 Å². The lowest BCUT2D eigenvalue weighted by molar-refractivity contribution is -0.138. The normalized spacial score (nSPS) is 12.6. The number of para-hydroxylation sites is 1.